The standard InChI is InChI=1S/C16H26FNO3/c1-2-3-10-20-11-6-9-18-12-14(19)13-21-16-8-5-4-7-15(16)17/h4-5,7-8,14,18-19H,2-3,6,9-13H2,1H3. The summed E-state index contributed by atoms with van der Waals surface area (Å²) in [6, 6.07) is 6.17. The maximum atomic E-state index is 13.3. The van der Waals surface area contributed by atoms with Crippen molar-refractivity contribution in [3.05, 3.63) is 30.1 Å². The third-order valence-electron chi connectivity index (χ3n) is 2.93. The monoisotopic (exact) mass is 299 g/mol. The van der Waals surface area contributed by atoms with Crippen molar-refractivity contribution in [2.24, 2.45) is 0 Å². The minimum atomic E-state index is -0.661. The number of benzene rings is 1. The van der Waals surface area contributed by atoms with Gasteiger partial charge in [0.05, 0.1) is 0 Å². The molecule has 0 amide bonds. The number of aliphatic hydroxyl groups excluding tert-OH is 1. The van der Waals surface area contributed by atoms with Crippen LogP contribution in [-0.2, 0) is 4.74 Å². The van der Waals surface area contributed by atoms with Crippen LogP contribution in [0, 0.1) is 5.82 Å². The number of halogens is 1. The first-order chi connectivity index (χ1) is 10.2. The van der Waals surface area contributed by atoms with Crippen LogP contribution >= 0.6 is 0 Å². The molecule has 0 bridgehead atoms. The Kier molecular flexibility index (Phi) is 9.78. The Labute approximate surface area is 126 Å². The number of hydrogen-bond donors (Lipinski definition) is 2. The lowest BCUT2D eigenvalue weighted by Crippen LogP contribution is -2.32. The van der Waals surface area contributed by atoms with Gasteiger partial charge in [-0.1, -0.05) is 25.5 Å². The van der Waals surface area contributed by atoms with Crippen molar-refractivity contribution >= 4 is 0 Å². The van der Waals surface area contributed by atoms with E-state index in [1.807, 2.05) is 0 Å². The van der Waals surface area contributed by atoms with Crippen LogP contribution in [-0.4, -0.2) is 44.1 Å². The number of hydrogen-bond acceptors (Lipinski definition) is 4. The van der Waals surface area contributed by atoms with Crippen LogP contribution in [0.15, 0.2) is 24.3 Å². The molecular formula is C16H26FNO3. The van der Waals surface area contributed by atoms with Crippen LogP contribution in [0.25, 0.3) is 0 Å². The van der Waals surface area contributed by atoms with Gasteiger partial charge in [0.25, 0.3) is 0 Å². The predicted octanol–water partition coefficient (Wildman–Crippen LogP) is 2.36. The molecule has 0 aliphatic carbocycles. The molecule has 0 aromatic heterocycles. The van der Waals surface area contributed by atoms with Gasteiger partial charge in [0, 0.05) is 19.8 Å². The number of para-hydroxylation sites is 1. The normalized spacial score (nSPS) is 12.3. The lowest BCUT2D eigenvalue weighted by Gasteiger charge is -2.13. The summed E-state index contributed by atoms with van der Waals surface area (Å²) in [6.45, 7) is 4.95. The van der Waals surface area contributed by atoms with Gasteiger partial charge in [-0.15, -0.1) is 0 Å². The summed E-state index contributed by atoms with van der Waals surface area (Å²) in [6.07, 6.45) is 2.49. The zero-order chi connectivity index (χ0) is 15.3. The van der Waals surface area contributed by atoms with Crippen molar-refractivity contribution in [3.63, 3.8) is 0 Å². The molecule has 0 radical (unpaired) electrons. The molecule has 0 aliphatic rings. The highest BCUT2D eigenvalue weighted by Gasteiger charge is 2.07. The molecule has 120 valence electrons. The largest absolute Gasteiger partial charge is 0.488 e. The van der Waals surface area contributed by atoms with E-state index in [4.69, 9.17) is 9.47 Å². The molecule has 1 atom stereocenters. The smallest absolute Gasteiger partial charge is 0.165 e. The van der Waals surface area contributed by atoms with E-state index in [0.717, 1.165) is 39.0 Å². The molecule has 0 heterocycles. The first kappa shape index (κ1) is 17.9. The summed E-state index contributed by atoms with van der Waals surface area (Å²) in [7, 11) is 0. The number of unbranched alkanes of at least 4 members (excludes halogenated alkanes) is 1. The Morgan fingerprint density at radius 1 is 1.24 bits per heavy atom. The molecule has 1 aromatic carbocycles. The van der Waals surface area contributed by atoms with E-state index in [2.05, 4.69) is 12.2 Å². The SMILES string of the molecule is CCCCOCCCNCC(O)COc1ccccc1F. The van der Waals surface area contributed by atoms with Crippen LogP contribution in [0.1, 0.15) is 26.2 Å². The van der Waals surface area contributed by atoms with Gasteiger partial charge in [0.2, 0.25) is 0 Å². The lowest BCUT2D eigenvalue weighted by atomic mass is 10.3. The van der Waals surface area contributed by atoms with E-state index in [0.29, 0.717) is 6.54 Å². The van der Waals surface area contributed by atoms with Crippen LogP contribution in [0.2, 0.25) is 0 Å². The van der Waals surface area contributed by atoms with Gasteiger partial charge < -0.3 is 19.9 Å². The second-order valence-electron chi connectivity index (χ2n) is 4.92. The Morgan fingerprint density at radius 2 is 2.00 bits per heavy atom. The Morgan fingerprint density at radius 3 is 2.76 bits per heavy atom. The van der Waals surface area contributed by atoms with Gasteiger partial charge >= 0.3 is 0 Å². The second kappa shape index (κ2) is 11.5. The molecule has 0 aliphatic heterocycles. The first-order valence-corrected chi connectivity index (χ1v) is 7.58. The van der Waals surface area contributed by atoms with Crippen LogP contribution in [0.5, 0.6) is 5.75 Å². The minimum Gasteiger partial charge on any atom is -0.488 e. The van der Waals surface area contributed by atoms with E-state index < -0.39 is 11.9 Å². The molecule has 0 fully saturated rings. The van der Waals surface area contributed by atoms with Crippen molar-refractivity contribution in [3.8, 4) is 5.75 Å². The second-order valence-corrected chi connectivity index (χ2v) is 4.92. The molecular weight excluding hydrogens is 273 g/mol. The average molecular weight is 299 g/mol. The Balaban J connectivity index is 1.99. The zero-order valence-electron chi connectivity index (χ0n) is 12.7. The van der Waals surface area contributed by atoms with Gasteiger partial charge in [-0.25, -0.2) is 4.39 Å². The molecule has 1 rings (SSSR count). The summed E-state index contributed by atoms with van der Waals surface area (Å²) >= 11 is 0. The quantitative estimate of drug-likeness (QED) is 0.582. The van der Waals surface area contributed by atoms with Crippen molar-refractivity contribution in [2.45, 2.75) is 32.3 Å². The van der Waals surface area contributed by atoms with Crippen molar-refractivity contribution in [1.82, 2.24) is 5.32 Å². The molecule has 1 aromatic rings. The fourth-order valence-corrected chi connectivity index (χ4v) is 1.72. The topological polar surface area (TPSA) is 50.7 Å². The number of nitrogens with one attached hydrogen (secondary N) is 1. The van der Waals surface area contributed by atoms with E-state index in [-0.39, 0.29) is 12.4 Å². The van der Waals surface area contributed by atoms with Gasteiger partial charge in [-0.3, -0.25) is 0 Å². The van der Waals surface area contributed by atoms with Crippen LogP contribution in [0.3, 0.4) is 0 Å². The summed E-state index contributed by atoms with van der Waals surface area (Å²) in [5.74, 6) is -0.247. The van der Waals surface area contributed by atoms with E-state index in [9.17, 15) is 9.50 Å². The fourth-order valence-electron chi connectivity index (χ4n) is 1.72. The van der Waals surface area contributed by atoms with E-state index in [1.165, 1.54) is 6.07 Å². The summed E-state index contributed by atoms with van der Waals surface area (Å²) in [5, 5.41) is 12.9. The van der Waals surface area contributed by atoms with Gasteiger partial charge in [-0.2, -0.15) is 0 Å². The summed E-state index contributed by atoms with van der Waals surface area (Å²) in [5.41, 5.74) is 0. The number of rotatable bonds is 12. The first-order valence-electron chi connectivity index (χ1n) is 7.58. The fraction of sp³-hybridized carbons (Fsp3) is 0.625. The highest BCUT2D eigenvalue weighted by atomic mass is 19.1. The third-order valence-corrected chi connectivity index (χ3v) is 2.93. The van der Waals surface area contributed by atoms with Gasteiger partial charge in [0.1, 0.15) is 12.7 Å². The highest BCUT2D eigenvalue weighted by molar-refractivity contribution is 5.23. The Hall–Kier alpha value is -1.17. The molecule has 0 spiro atoms. The van der Waals surface area contributed by atoms with E-state index >= 15 is 0 Å². The van der Waals surface area contributed by atoms with Gasteiger partial charge in [0.15, 0.2) is 11.6 Å². The van der Waals surface area contributed by atoms with Crippen LogP contribution < -0.4 is 10.1 Å². The predicted molar refractivity (Wildman–Crippen MR) is 81.1 cm³/mol. The molecule has 0 saturated heterocycles. The average Bonchev–Trinajstić information content (AvgIpc) is 2.49. The minimum absolute atomic E-state index is 0.0704. The summed E-state index contributed by atoms with van der Waals surface area (Å²) in [4.78, 5) is 0. The number of ether oxygens (including phenoxy) is 2. The molecule has 21 heavy (non-hydrogen) atoms. The molecule has 4 nitrogen and oxygen atoms in total. The van der Waals surface area contributed by atoms with Crippen molar-refractivity contribution in [2.75, 3.05) is 32.9 Å². The Bertz CT molecular complexity index is 376. The molecule has 2 N–H and O–H groups in total. The van der Waals surface area contributed by atoms with Crippen LogP contribution in [0.4, 0.5) is 4.39 Å². The molecule has 1 unspecified atom stereocenters. The number of aliphatic hydroxyl groups is 1. The molecule has 0 saturated carbocycles. The maximum Gasteiger partial charge on any atom is 0.165 e. The maximum absolute atomic E-state index is 13.3. The lowest BCUT2D eigenvalue weighted by molar-refractivity contribution is 0.101. The van der Waals surface area contributed by atoms with Gasteiger partial charge in [-0.05, 0) is 31.5 Å². The zero-order valence-corrected chi connectivity index (χ0v) is 12.7. The van der Waals surface area contributed by atoms with Crippen molar-refractivity contribution < 1.29 is 19.0 Å². The molecule has 5 heteroatoms. The highest BCUT2D eigenvalue weighted by Crippen LogP contribution is 2.15. The summed E-state index contributed by atoms with van der Waals surface area (Å²) < 4.78 is 23.9. The van der Waals surface area contributed by atoms with E-state index in [1.54, 1.807) is 18.2 Å². The third kappa shape index (κ3) is 8.65. The van der Waals surface area contributed by atoms with Crippen molar-refractivity contribution in [1.29, 1.82) is 0 Å².